The molecule has 1 nitrogen and oxygen atoms in total. The molecule has 8 heavy (non-hydrogen) atoms. The van der Waals surface area contributed by atoms with Crippen LogP contribution in [0.15, 0.2) is 24.4 Å². The number of hydrogen-bond donors (Lipinski definition) is 1. The Kier molecular flexibility index (Phi) is 1.60. The van der Waals surface area contributed by atoms with Crippen molar-refractivity contribution in [2.75, 3.05) is 0 Å². The predicted molar refractivity (Wildman–Crippen MR) is 43.8 cm³/mol. The summed E-state index contributed by atoms with van der Waals surface area (Å²) in [7, 11) is 0. The molecule has 0 amide bonds. The van der Waals surface area contributed by atoms with Gasteiger partial charge in [0.25, 0.3) is 0 Å². The second-order valence-electron chi connectivity index (χ2n) is 1.94. The van der Waals surface area contributed by atoms with Crippen LogP contribution in [0.5, 0.6) is 0 Å². The number of alkyl halides is 1. The smallest absolute Gasteiger partial charge is 0.105 e. The fourth-order valence-electron chi connectivity index (χ4n) is 0.551. The summed E-state index contributed by atoms with van der Waals surface area (Å²) in [5.74, 6) is 0. The van der Waals surface area contributed by atoms with Gasteiger partial charge in [-0.15, -0.1) is 0 Å². The molecule has 0 aromatic carbocycles. The second kappa shape index (κ2) is 2.09. The molecule has 1 heterocycles. The Labute approximate surface area is 63.0 Å². The van der Waals surface area contributed by atoms with E-state index in [1.54, 1.807) is 0 Å². The topological polar surface area (TPSA) is 12.0 Å². The van der Waals surface area contributed by atoms with Crippen LogP contribution in [-0.4, -0.2) is 3.55 Å². The summed E-state index contributed by atoms with van der Waals surface area (Å²) >= 11 is 2.34. The number of hydrogen-bond acceptors (Lipinski definition) is 1. The van der Waals surface area contributed by atoms with Crippen molar-refractivity contribution in [1.82, 2.24) is 5.32 Å². The van der Waals surface area contributed by atoms with Crippen LogP contribution in [0.25, 0.3) is 0 Å². The number of dihydropyridines is 1. The summed E-state index contributed by atoms with van der Waals surface area (Å²) in [5, 5.41) is 3.18. The molecule has 1 atom stereocenters. The lowest BCUT2D eigenvalue weighted by molar-refractivity contribution is 0.733. The normalized spacial score (nSPS) is 34.8. The highest BCUT2D eigenvalue weighted by molar-refractivity contribution is 14.1. The fraction of sp³-hybridized carbons (Fsp3) is 0.333. The van der Waals surface area contributed by atoms with Gasteiger partial charge in [0, 0.05) is 0 Å². The van der Waals surface area contributed by atoms with Gasteiger partial charge in [0.05, 0.1) is 0 Å². The molecular weight excluding hydrogens is 213 g/mol. The Balaban J connectivity index is 2.65. The van der Waals surface area contributed by atoms with Crippen LogP contribution in [-0.2, 0) is 0 Å². The summed E-state index contributed by atoms with van der Waals surface area (Å²) in [5.41, 5.74) is 0. The summed E-state index contributed by atoms with van der Waals surface area (Å²) in [6, 6.07) is 0. The highest BCUT2D eigenvalue weighted by Gasteiger charge is 2.12. The Morgan fingerprint density at radius 2 is 2.25 bits per heavy atom. The first-order chi connectivity index (χ1) is 3.71. The van der Waals surface area contributed by atoms with E-state index >= 15 is 0 Å². The summed E-state index contributed by atoms with van der Waals surface area (Å²) < 4.78 is 0.131. The lowest BCUT2D eigenvalue weighted by Gasteiger charge is -2.20. The van der Waals surface area contributed by atoms with E-state index in [4.69, 9.17) is 0 Å². The third kappa shape index (κ3) is 1.51. The average Bonchev–Trinajstić information content (AvgIpc) is 1.65. The highest BCUT2D eigenvalue weighted by Crippen LogP contribution is 2.17. The average molecular weight is 221 g/mol. The first-order valence-corrected chi connectivity index (χ1v) is 3.60. The molecule has 0 saturated carbocycles. The van der Waals surface area contributed by atoms with Crippen molar-refractivity contribution in [1.29, 1.82) is 0 Å². The van der Waals surface area contributed by atoms with Crippen molar-refractivity contribution >= 4 is 22.6 Å². The molecular formula is C6H8IN. The predicted octanol–water partition coefficient (Wildman–Crippen LogP) is 1.81. The molecule has 1 aliphatic heterocycles. The Morgan fingerprint density at radius 1 is 1.50 bits per heavy atom. The summed E-state index contributed by atoms with van der Waals surface area (Å²) in [4.78, 5) is 0. The molecule has 1 N–H and O–H groups in total. The lowest BCUT2D eigenvalue weighted by atomic mass is 10.2. The first-order valence-electron chi connectivity index (χ1n) is 2.52. The van der Waals surface area contributed by atoms with Crippen LogP contribution in [0.1, 0.15) is 6.92 Å². The molecule has 0 aliphatic carbocycles. The third-order valence-corrected chi connectivity index (χ3v) is 1.65. The molecule has 0 aromatic heterocycles. The number of nitrogens with one attached hydrogen (secondary N) is 1. The molecule has 0 bridgehead atoms. The van der Waals surface area contributed by atoms with E-state index in [-0.39, 0.29) is 3.55 Å². The maximum atomic E-state index is 3.18. The molecule has 0 aromatic rings. The van der Waals surface area contributed by atoms with Gasteiger partial charge in [-0.3, -0.25) is 0 Å². The van der Waals surface area contributed by atoms with E-state index in [9.17, 15) is 0 Å². The fourth-order valence-corrected chi connectivity index (χ4v) is 0.938. The number of halogens is 1. The second-order valence-corrected chi connectivity index (χ2v) is 4.18. The lowest BCUT2D eigenvalue weighted by Crippen LogP contribution is -2.30. The van der Waals surface area contributed by atoms with Gasteiger partial charge in [-0.1, -0.05) is 28.7 Å². The number of rotatable bonds is 0. The quantitative estimate of drug-likeness (QED) is 0.373. The SMILES string of the molecule is CC1(I)C=CC=CN1. The van der Waals surface area contributed by atoms with Crippen LogP contribution in [0.2, 0.25) is 0 Å². The van der Waals surface area contributed by atoms with Crippen LogP contribution in [0, 0.1) is 0 Å². The van der Waals surface area contributed by atoms with Gasteiger partial charge in [-0.25, -0.2) is 0 Å². The standard InChI is InChI=1S/C6H8IN/c1-6(7)4-2-3-5-8-6/h2-5,8H,1H3. The Morgan fingerprint density at radius 3 is 2.50 bits per heavy atom. The zero-order chi connectivity index (χ0) is 6.04. The largest absolute Gasteiger partial charge is 0.374 e. The summed E-state index contributed by atoms with van der Waals surface area (Å²) in [6.45, 7) is 2.12. The van der Waals surface area contributed by atoms with Gasteiger partial charge in [0.15, 0.2) is 0 Å². The molecule has 44 valence electrons. The van der Waals surface area contributed by atoms with Crippen molar-refractivity contribution in [3.05, 3.63) is 24.4 Å². The van der Waals surface area contributed by atoms with Crippen LogP contribution in [0.4, 0.5) is 0 Å². The zero-order valence-electron chi connectivity index (χ0n) is 4.69. The number of allylic oxidation sites excluding steroid dienone is 2. The van der Waals surface area contributed by atoms with Gasteiger partial charge in [0.1, 0.15) is 3.55 Å². The van der Waals surface area contributed by atoms with Crippen LogP contribution in [0.3, 0.4) is 0 Å². The first kappa shape index (κ1) is 6.13. The minimum Gasteiger partial charge on any atom is -0.374 e. The highest BCUT2D eigenvalue weighted by atomic mass is 127. The zero-order valence-corrected chi connectivity index (χ0v) is 6.84. The minimum atomic E-state index is 0.131. The van der Waals surface area contributed by atoms with Gasteiger partial charge in [-0.2, -0.15) is 0 Å². The maximum absolute atomic E-state index is 3.18. The van der Waals surface area contributed by atoms with Gasteiger partial charge in [0.2, 0.25) is 0 Å². The van der Waals surface area contributed by atoms with E-state index in [1.807, 2.05) is 18.4 Å². The van der Waals surface area contributed by atoms with Gasteiger partial charge in [-0.05, 0) is 25.3 Å². The van der Waals surface area contributed by atoms with Gasteiger partial charge < -0.3 is 5.32 Å². The van der Waals surface area contributed by atoms with Crippen molar-refractivity contribution in [2.24, 2.45) is 0 Å². The van der Waals surface area contributed by atoms with Crippen molar-refractivity contribution in [2.45, 2.75) is 10.5 Å². The minimum absolute atomic E-state index is 0.131. The van der Waals surface area contributed by atoms with E-state index < -0.39 is 0 Å². The molecule has 0 fully saturated rings. The summed E-state index contributed by atoms with van der Waals surface area (Å²) in [6.07, 6.45) is 8.10. The maximum Gasteiger partial charge on any atom is 0.105 e. The molecule has 0 saturated heterocycles. The Bertz CT molecular complexity index is 135. The Hall–Kier alpha value is 0.01000. The molecule has 0 spiro atoms. The van der Waals surface area contributed by atoms with E-state index in [2.05, 4.69) is 40.9 Å². The molecule has 0 radical (unpaired) electrons. The van der Waals surface area contributed by atoms with E-state index in [0.717, 1.165) is 0 Å². The molecule has 1 rings (SSSR count). The van der Waals surface area contributed by atoms with E-state index in [0.29, 0.717) is 0 Å². The van der Waals surface area contributed by atoms with Crippen LogP contribution < -0.4 is 5.32 Å². The van der Waals surface area contributed by atoms with Crippen molar-refractivity contribution in [3.8, 4) is 0 Å². The van der Waals surface area contributed by atoms with E-state index in [1.165, 1.54) is 0 Å². The van der Waals surface area contributed by atoms with Crippen molar-refractivity contribution < 1.29 is 0 Å². The van der Waals surface area contributed by atoms with Crippen LogP contribution >= 0.6 is 22.6 Å². The third-order valence-electron chi connectivity index (χ3n) is 0.982. The molecule has 2 heteroatoms. The monoisotopic (exact) mass is 221 g/mol. The molecule has 1 aliphatic rings. The molecule has 1 unspecified atom stereocenters. The van der Waals surface area contributed by atoms with Gasteiger partial charge >= 0.3 is 0 Å². The van der Waals surface area contributed by atoms with Crippen molar-refractivity contribution in [3.63, 3.8) is 0 Å².